The predicted molar refractivity (Wildman–Crippen MR) is 114 cm³/mol. The number of rotatable bonds is 4. The summed E-state index contributed by atoms with van der Waals surface area (Å²) < 4.78 is 1.91. The Morgan fingerprint density at radius 3 is 2.68 bits per heavy atom. The molecule has 0 saturated heterocycles. The maximum absolute atomic E-state index is 12.8. The third kappa shape index (κ3) is 3.59. The summed E-state index contributed by atoms with van der Waals surface area (Å²) in [5.74, 6) is -0.253. The number of nitrogens with zero attached hydrogens (tertiary/aromatic N) is 2. The molecule has 2 heterocycles. The van der Waals surface area contributed by atoms with Gasteiger partial charge < -0.3 is 5.32 Å². The predicted octanol–water partition coefficient (Wildman–Crippen LogP) is 4.38. The van der Waals surface area contributed by atoms with Crippen molar-refractivity contribution in [3.63, 3.8) is 0 Å². The van der Waals surface area contributed by atoms with E-state index in [4.69, 9.17) is 0 Å². The minimum Gasteiger partial charge on any atom is -0.324 e. The quantitative estimate of drug-likeness (QED) is 0.563. The molecule has 28 heavy (non-hydrogen) atoms. The standard InChI is InChI=1S/C22H19N3O2S/c1-14-8-9-15(2)17(10-14)24-20(26)12-25-13-23-18-11-19(28-21(18)22(25)27)16-6-4-3-5-7-16/h3-11,13H,12H2,1-2H3,(H,24,26). The number of aryl methyl sites for hydroxylation is 2. The molecule has 0 radical (unpaired) electrons. The number of nitrogens with one attached hydrogen (secondary N) is 1. The van der Waals surface area contributed by atoms with Crippen molar-refractivity contribution in [1.82, 2.24) is 9.55 Å². The van der Waals surface area contributed by atoms with Crippen LogP contribution in [0.25, 0.3) is 20.7 Å². The van der Waals surface area contributed by atoms with Crippen LogP contribution in [0.5, 0.6) is 0 Å². The highest BCUT2D eigenvalue weighted by atomic mass is 32.1. The van der Waals surface area contributed by atoms with Crippen LogP contribution in [-0.2, 0) is 11.3 Å². The first kappa shape index (κ1) is 18.1. The average Bonchev–Trinajstić information content (AvgIpc) is 3.13. The van der Waals surface area contributed by atoms with Gasteiger partial charge in [-0.15, -0.1) is 11.3 Å². The SMILES string of the molecule is Cc1ccc(C)c(NC(=O)Cn2cnc3cc(-c4ccccc4)sc3c2=O)c1. The van der Waals surface area contributed by atoms with Gasteiger partial charge in [0, 0.05) is 10.6 Å². The summed E-state index contributed by atoms with van der Waals surface area (Å²) in [7, 11) is 0. The van der Waals surface area contributed by atoms with Crippen LogP contribution in [0.4, 0.5) is 5.69 Å². The molecule has 5 nitrogen and oxygen atoms in total. The molecule has 1 amide bonds. The first-order chi connectivity index (χ1) is 13.5. The Morgan fingerprint density at radius 1 is 1.11 bits per heavy atom. The zero-order valence-electron chi connectivity index (χ0n) is 15.6. The van der Waals surface area contributed by atoms with Gasteiger partial charge in [0.05, 0.1) is 11.8 Å². The van der Waals surface area contributed by atoms with Crippen LogP contribution in [0, 0.1) is 13.8 Å². The fraction of sp³-hybridized carbons (Fsp3) is 0.136. The molecule has 0 fully saturated rings. The Bertz CT molecular complexity index is 1230. The zero-order valence-corrected chi connectivity index (χ0v) is 16.4. The van der Waals surface area contributed by atoms with Crippen LogP contribution >= 0.6 is 11.3 Å². The van der Waals surface area contributed by atoms with Gasteiger partial charge in [0.1, 0.15) is 11.2 Å². The fourth-order valence-corrected chi connectivity index (χ4v) is 4.08. The second-order valence-corrected chi connectivity index (χ2v) is 7.79. The van der Waals surface area contributed by atoms with Gasteiger partial charge in [-0.1, -0.05) is 42.5 Å². The van der Waals surface area contributed by atoms with Crippen LogP contribution in [0.2, 0.25) is 0 Å². The number of anilines is 1. The highest BCUT2D eigenvalue weighted by molar-refractivity contribution is 7.22. The molecule has 0 bridgehead atoms. The van der Waals surface area contributed by atoms with Crippen LogP contribution in [0.15, 0.2) is 65.7 Å². The second-order valence-electron chi connectivity index (χ2n) is 6.74. The third-order valence-electron chi connectivity index (χ3n) is 4.54. The van der Waals surface area contributed by atoms with Crippen molar-refractivity contribution in [3.05, 3.63) is 82.4 Å². The molecule has 4 aromatic rings. The molecule has 0 aliphatic carbocycles. The van der Waals surface area contributed by atoms with Gasteiger partial charge in [0.15, 0.2) is 0 Å². The number of benzene rings is 2. The minimum atomic E-state index is -0.253. The maximum Gasteiger partial charge on any atom is 0.271 e. The minimum absolute atomic E-state index is 0.0757. The largest absolute Gasteiger partial charge is 0.324 e. The number of hydrogen-bond acceptors (Lipinski definition) is 4. The number of carbonyl (C=O) groups is 1. The summed E-state index contributed by atoms with van der Waals surface area (Å²) in [6.45, 7) is 3.83. The van der Waals surface area contributed by atoms with Gasteiger partial charge in [-0.25, -0.2) is 4.98 Å². The van der Waals surface area contributed by atoms with E-state index in [2.05, 4.69) is 10.3 Å². The normalized spacial score (nSPS) is 10.9. The molecule has 0 spiro atoms. The maximum atomic E-state index is 12.8. The van der Waals surface area contributed by atoms with E-state index >= 15 is 0 Å². The van der Waals surface area contributed by atoms with Crippen molar-refractivity contribution >= 4 is 33.1 Å². The van der Waals surface area contributed by atoms with Gasteiger partial charge >= 0.3 is 0 Å². The van der Waals surface area contributed by atoms with E-state index in [1.807, 2.05) is 68.4 Å². The summed E-state index contributed by atoms with van der Waals surface area (Å²) in [5.41, 5.74) is 4.30. The zero-order chi connectivity index (χ0) is 19.7. The number of hydrogen-bond donors (Lipinski definition) is 1. The molecular formula is C22H19N3O2S. The first-order valence-corrected chi connectivity index (χ1v) is 9.74. The topological polar surface area (TPSA) is 64.0 Å². The Balaban J connectivity index is 1.60. The van der Waals surface area contributed by atoms with Crippen molar-refractivity contribution in [2.24, 2.45) is 0 Å². The lowest BCUT2D eigenvalue weighted by Crippen LogP contribution is -2.27. The van der Waals surface area contributed by atoms with Gasteiger partial charge in [0.2, 0.25) is 5.91 Å². The van der Waals surface area contributed by atoms with Crippen molar-refractivity contribution in [3.8, 4) is 10.4 Å². The smallest absolute Gasteiger partial charge is 0.271 e. The van der Waals surface area contributed by atoms with E-state index in [1.54, 1.807) is 0 Å². The summed E-state index contributed by atoms with van der Waals surface area (Å²) >= 11 is 1.40. The molecule has 2 aromatic carbocycles. The Hall–Kier alpha value is -3.25. The van der Waals surface area contributed by atoms with Gasteiger partial charge in [-0.3, -0.25) is 14.2 Å². The van der Waals surface area contributed by atoms with Crippen LogP contribution in [0.1, 0.15) is 11.1 Å². The molecule has 140 valence electrons. The molecule has 0 aliphatic rings. The number of amides is 1. The Labute approximate surface area is 166 Å². The lowest BCUT2D eigenvalue weighted by Gasteiger charge is -2.10. The molecule has 6 heteroatoms. The van der Waals surface area contributed by atoms with Crippen molar-refractivity contribution in [1.29, 1.82) is 0 Å². The Kier molecular flexibility index (Phi) is 4.79. The van der Waals surface area contributed by atoms with Crippen molar-refractivity contribution < 1.29 is 4.79 Å². The Morgan fingerprint density at radius 2 is 1.89 bits per heavy atom. The first-order valence-electron chi connectivity index (χ1n) is 8.93. The van der Waals surface area contributed by atoms with E-state index in [0.29, 0.717) is 10.2 Å². The number of aromatic nitrogens is 2. The molecule has 2 aromatic heterocycles. The number of carbonyl (C=O) groups excluding carboxylic acids is 1. The van der Waals surface area contributed by atoms with Crippen LogP contribution in [0.3, 0.4) is 0 Å². The molecular weight excluding hydrogens is 370 g/mol. The number of thiophene rings is 1. The van der Waals surface area contributed by atoms with E-state index < -0.39 is 0 Å². The van der Waals surface area contributed by atoms with E-state index in [0.717, 1.165) is 27.3 Å². The monoisotopic (exact) mass is 389 g/mol. The average molecular weight is 389 g/mol. The fourth-order valence-electron chi connectivity index (χ4n) is 3.02. The van der Waals surface area contributed by atoms with Crippen LogP contribution < -0.4 is 10.9 Å². The lowest BCUT2D eigenvalue weighted by molar-refractivity contribution is -0.116. The third-order valence-corrected chi connectivity index (χ3v) is 5.70. The van der Waals surface area contributed by atoms with Gasteiger partial charge in [-0.05, 0) is 42.7 Å². The van der Waals surface area contributed by atoms with Gasteiger partial charge in [-0.2, -0.15) is 0 Å². The van der Waals surface area contributed by atoms with E-state index in [9.17, 15) is 9.59 Å². The molecule has 0 saturated carbocycles. The molecule has 4 rings (SSSR count). The van der Waals surface area contributed by atoms with Crippen LogP contribution in [-0.4, -0.2) is 15.5 Å². The van der Waals surface area contributed by atoms with Gasteiger partial charge in [0.25, 0.3) is 5.56 Å². The summed E-state index contributed by atoms with van der Waals surface area (Å²) in [6, 6.07) is 17.7. The second kappa shape index (κ2) is 7.40. The summed E-state index contributed by atoms with van der Waals surface area (Å²) in [4.78, 5) is 30.7. The summed E-state index contributed by atoms with van der Waals surface area (Å²) in [6.07, 6.45) is 1.44. The molecule has 0 atom stereocenters. The van der Waals surface area contributed by atoms with E-state index in [1.165, 1.54) is 22.2 Å². The highest BCUT2D eigenvalue weighted by Crippen LogP contribution is 2.30. The van der Waals surface area contributed by atoms with E-state index in [-0.39, 0.29) is 18.0 Å². The highest BCUT2D eigenvalue weighted by Gasteiger charge is 2.13. The summed E-state index contributed by atoms with van der Waals surface area (Å²) in [5, 5.41) is 2.88. The van der Waals surface area contributed by atoms with Crippen molar-refractivity contribution in [2.45, 2.75) is 20.4 Å². The number of fused-ring (bicyclic) bond motifs is 1. The molecule has 1 N–H and O–H groups in total. The molecule has 0 aliphatic heterocycles. The molecule has 0 unspecified atom stereocenters. The lowest BCUT2D eigenvalue weighted by atomic mass is 10.1. The van der Waals surface area contributed by atoms with Crippen molar-refractivity contribution in [2.75, 3.05) is 5.32 Å².